The minimum atomic E-state index is -0.501. The van der Waals surface area contributed by atoms with E-state index in [4.69, 9.17) is 0 Å². The van der Waals surface area contributed by atoms with E-state index >= 15 is 0 Å². The predicted octanol–water partition coefficient (Wildman–Crippen LogP) is 2.76. The van der Waals surface area contributed by atoms with Gasteiger partial charge < -0.3 is 10.4 Å². The van der Waals surface area contributed by atoms with Crippen molar-refractivity contribution in [1.82, 2.24) is 0 Å². The number of nitro benzene ring substituents is 1. The fraction of sp³-hybridized carbons (Fsp3) is 0.455. The molecule has 0 fully saturated rings. The van der Waals surface area contributed by atoms with Gasteiger partial charge in [0.2, 0.25) is 0 Å². The summed E-state index contributed by atoms with van der Waals surface area (Å²) in [6, 6.07) is 4.11. The van der Waals surface area contributed by atoms with E-state index in [1.54, 1.807) is 0 Å². The standard InChI is InChI=1S/C11H16N2O3/c1-3-8(2)7-12-10-5-4-9(14)6-11(10)13(15)16/h4-6,8,12,14H,3,7H2,1-2H3. The third kappa shape index (κ3) is 3.12. The maximum Gasteiger partial charge on any atom is 0.296 e. The van der Waals surface area contributed by atoms with Gasteiger partial charge in [-0.2, -0.15) is 0 Å². The Morgan fingerprint density at radius 1 is 1.56 bits per heavy atom. The highest BCUT2D eigenvalue weighted by Gasteiger charge is 2.14. The lowest BCUT2D eigenvalue weighted by Gasteiger charge is -2.11. The van der Waals surface area contributed by atoms with E-state index in [2.05, 4.69) is 19.2 Å². The van der Waals surface area contributed by atoms with Crippen LogP contribution in [0.15, 0.2) is 18.2 Å². The Morgan fingerprint density at radius 3 is 2.81 bits per heavy atom. The van der Waals surface area contributed by atoms with Crippen LogP contribution in [0, 0.1) is 16.0 Å². The van der Waals surface area contributed by atoms with Crippen LogP contribution in [-0.4, -0.2) is 16.6 Å². The van der Waals surface area contributed by atoms with Crippen LogP contribution < -0.4 is 5.32 Å². The van der Waals surface area contributed by atoms with E-state index in [0.717, 1.165) is 12.5 Å². The number of rotatable bonds is 5. The molecule has 88 valence electrons. The minimum absolute atomic E-state index is 0.0942. The fourth-order valence-electron chi connectivity index (χ4n) is 1.25. The predicted molar refractivity (Wildman–Crippen MR) is 62.7 cm³/mol. The molecule has 0 radical (unpaired) electrons. The van der Waals surface area contributed by atoms with Crippen LogP contribution >= 0.6 is 0 Å². The van der Waals surface area contributed by atoms with Crippen molar-refractivity contribution in [2.24, 2.45) is 5.92 Å². The zero-order chi connectivity index (χ0) is 12.1. The number of benzene rings is 1. The Kier molecular flexibility index (Phi) is 4.10. The lowest BCUT2D eigenvalue weighted by atomic mass is 10.1. The number of hydrogen-bond donors (Lipinski definition) is 2. The summed E-state index contributed by atoms with van der Waals surface area (Å²) in [5.74, 6) is 0.356. The molecule has 1 atom stereocenters. The molecule has 0 aliphatic heterocycles. The van der Waals surface area contributed by atoms with Crippen LogP contribution in [0.4, 0.5) is 11.4 Å². The molecule has 0 aromatic heterocycles. The van der Waals surface area contributed by atoms with Crippen molar-refractivity contribution in [1.29, 1.82) is 0 Å². The first-order valence-electron chi connectivity index (χ1n) is 5.25. The second-order valence-corrected chi connectivity index (χ2v) is 3.85. The van der Waals surface area contributed by atoms with Gasteiger partial charge in [-0.1, -0.05) is 20.3 Å². The van der Waals surface area contributed by atoms with Gasteiger partial charge in [0.1, 0.15) is 11.4 Å². The minimum Gasteiger partial charge on any atom is -0.508 e. The van der Waals surface area contributed by atoms with Crippen molar-refractivity contribution in [3.63, 3.8) is 0 Å². The molecule has 0 saturated carbocycles. The van der Waals surface area contributed by atoms with Gasteiger partial charge in [-0.3, -0.25) is 10.1 Å². The molecule has 1 aromatic rings. The van der Waals surface area contributed by atoms with Crippen LogP contribution in [0.3, 0.4) is 0 Å². The lowest BCUT2D eigenvalue weighted by Crippen LogP contribution is -2.11. The first-order chi connectivity index (χ1) is 7.54. The van der Waals surface area contributed by atoms with Crippen molar-refractivity contribution >= 4 is 11.4 Å². The van der Waals surface area contributed by atoms with Crippen LogP contribution in [-0.2, 0) is 0 Å². The van der Waals surface area contributed by atoms with Gasteiger partial charge in [-0.25, -0.2) is 0 Å². The van der Waals surface area contributed by atoms with Gasteiger partial charge in [-0.05, 0) is 18.1 Å². The van der Waals surface area contributed by atoms with Gasteiger partial charge >= 0.3 is 0 Å². The molecule has 16 heavy (non-hydrogen) atoms. The summed E-state index contributed by atoms with van der Waals surface area (Å²) < 4.78 is 0. The summed E-state index contributed by atoms with van der Waals surface area (Å²) in [5, 5.41) is 22.9. The topological polar surface area (TPSA) is 75.4 Å². The SMILES string of the molecule is CCC(C)CNc1ccc(O)cc1[N+](=O)[O-]. The maximum absolute atomic E-state index is 10.7. The molecule has 0 amide bonds. The van der Waals surface area contributed by atoms with Crippen LogP contribution in [0.5, 0.6) is 5.75 Å². The number of nitro groups is 1. The molecule has 5 heteroatoms. The summed E-state index contributed by atoms with van der Waals surface area (Å²) in [6.45, 7) is 4.82. The molecule has 0 bridgehead atoms. The Labute approximate surface area is 94.3 Å². The maximum atomic E-state index is 10.7. The van der Waals surface area contributed by atoms with Gasteiger partial charge in [0.15, 0.2) is 0 Å². The molecule has 0 aliphatic carbocycles. The summed E-state index contributed by atoms with van der Waals surface area (Å²) >= 11 is 0. The molecule has 0 spiro atoms. The number of phenols is 1. The van der Waals surface area contributed by atoms with E-state index in [-0.39, 0.29) is 11.4 Å². The van der Waals surface area contributed by atoms with Crippen molar-refractivity contribution in [2.75, 3.05) is 11.9 Å². The summed E-state index contributed by atoms with van der Waals surface area (Å²) in [7, 11) is 0. The monoisotopic (exact) mass is 224 g/mol. The summed E-state index contributed by atoms with van der Waals surface area (Å²) in [6.07, 6.45) is 1.01. The first kappa shape index (κ1) is 12.3. The Morgan fingerprint density at radius 2 is 2.25 bits per heavy atom. The van der Waals surface area contributed by atoms with Crippen molar-refractivity contribution < 1.29 is 10.0 Å². The molecule has 5 nitrogen and oxygen atoms in total. The number of hydrogen-bond acceptors (Lipinski definition) is 4. The molecule has 0 heterocycles. The normalized spacial score (nSPS) is 12.1. The average molecular weight is 224 g/mol. The van der Waals surface area contributed by atoms with Crippen LogP contribution in [0.1, 0.15) is 20.3 Å². The summed E-state index contributed by atoms with van der Waals surface area (Å²) in [4.78, 5) is 10.2. The fourth-order valence-corrected chi connectivity index (χ4v) is 1.25. The highest BCUT2D eigenvalue weighted by molar-refractivity contribution is 5.63. The average Bonchev–Trinajstić information content (AvgIpc) is 2.26. The largest absolute Gasteiger partial charge is 0.508 e. The quantitative estimate of drug-likeness (QED) is 0.458. The molecular weight excluding hydrogens is 208 g/mol. The van der Waals surface area contributed by atoms with Gasteiger partial charge in [0.05, 0.1) is 11.0 Å². The van der Waals surface area contributed by atoms with E-state index < -0.39 is 4.92 Å². The van der Waals surface area contributed by atoms with E-state index in [1.807, 2.05) is 0 Å². The molecule has 0 aliphatic rings. The Balaban J connectivity index is 2.82. The number of nitrogens with one attached hydrogen (secondary N) is 1. The second-order valence-electron chi connectivity index (χ2n) is 3.85. The molecule has 2 N–H and O–H groups in total. The number of anilines is 1. The first-order valence-corrected chi connectivity index (χ1v) is 5.25. The second kappa shape index (κ2) is 5.34. The van der Waals surface area contributed by atoms with Crippen molar-refractivity contribution in [2.45, 2.75) is 20.3 Å². The van der Waals surface area contributed by atoms with E-state index in [0.29, 0.717) is 18.2 Å². The molecule has 0 saturated heterocycles. The third-order valence-electron chi connectivity index (χ3n) is 2.52. The molecule has 1 unspecified atom stereocenters. The van der Waals surface area contributed by atoms with Crippen molar-refractivity contribution in [3.05, 3.63) is 28.3 Å². The van der Waals surface area contributed by atoms with E-state index in [9.17, 15) is 15.2 Å². The van der Waals surface area contributed by atoms with Crippen LogP contribution in [0.2, 0.25) is 0 Å². The third-order valence-corrected chi connectivity index (χ3v) is 2.52. The van der Waals surface area contributed by atoms with E-state index in [1.165, 1.54) is 12.1 Å². The van der Waals surface area contributed by atoms with Crippen LogP contribution in [0.25, 0.3) is 0 Å². The zero-order valence-corrected chi connectivity index (χ0v) is 9.43. The molecule has 1 aromatic carbocycles. The van der Waals surface area contributed by atoms with Crippen molar-refractivity contribution in [3.8, 4) is 5.75 Å². The van der Waals surface area contributed by atoms with Gasteiger partial charge in [0.25, 0.3) is 5.69 Å². The Bertz CT molecular complexity index is 379. The summed E-state index contributed by atoms with van der Waals surface area (Å²) in [5.41, 5.74) is 0.353. The number of phenolic OH excluding ortho intramolecular Hbond substituents is 1. The highest BCUT2D eigenvalue weighted by Crippen LogP contribution is 2.28. The smallest absolute Gasteiger partial charge is 0.296 e. The molecular formula is C11H16N2O3. The highest BCUT2D eigenvalue weighted by atomic mass is 16.6. The molecule has 1 rings (SSSR count). The number of aromatic hydroxyl groups is 1. The zero-order valence-electron chi connectivity index (χ0n) is 9.43. The van der Waals surface area contributed by atoms with Gasteiger partial charge in [0, 0.05) is 6.54 Å². The van der Waals surface area contributed by atoms with Gasteiger partial charge in [-0.15, -0.1) is 0 Å². The number of nitrogens with zero attached hydrogens (tertiary/aromatic N) is 1. The lowest BCUT2D eigenvalue weighted by molar-refractivity contribution is -0.384. The Hall–Kier alpha value is -1.78.